The van der Waals surface area contributed by atoms with Gasteiger partial charge in [-0.25, -0.2) is 4.99 Å². The first kappa shape index (κ1) is 33.6. The van der Waals surface area contributed by atoms with Gasteiger partial charge in [0, 0.05) is 38.2 Å². The molecule has 7 aromatic carbocycles. The Kier molecular flexibility index (Phi) is 8.73. The van der Waals surface area contributed by atoms with Crippen molar-refractivity contribution >= 4 is 71.9 Å². The molecule has 0 unspecified atom stereocenters. The molecule has 264 valence electrons. The Morgan fingerprint density at radius 1 is 0.655 bits per heavy atom. The van der Waals surface area contributed by atoms with E-state index in [0.717, 1.165) is 93.6 Å². The molecule has 2 aromatic heterocycles. The van der Waals surface area contributed by atoms with Gasteiger partial charge in [-0.1, -0.05) is 146 Å². The Morgan fingerprint density at radius 3 is 2.15 bits per heavy atom. The SMILES string of the molecule is C=C/C(=C\C=C/C)c1ccc(C(N)=NC(=NCc2ccc(-c3ccc4c(c3)oc3ccccc34)c3oc4ccccc4c23)c2ccc3ccccc3c2)cc1. The maximum atomic E-state index is 6.75. The van der Waals surface area contributed by atoms with E-state index in [-0.39, 0.29) is 0 Å². The first-order valence-electron chi connectivity index (χ1n) is 18.4. The molecular weight excluding hydrogens is 675 g/mol. The van der Waals surface area contributed by atoms with Gasteiger partial charge in [0.05, 0.1) is 6.54 Å². The number of rotatable bonds is 8. The molecule has 2 N–H and O–H groups in total. The van der Waals surface area contributed by atoms with E-state index in [1.165, 1.54) is 0 Å². The summed E-state index contributed by atoms with van der Waals surface area (Å²) in [6.45, 7) is 6.33. The lowest BCUT2D eigenvalue weighted by atomic mass is 9.97. The van der Waals surface area contributed by atoms with Crippen molar-refractivity contribution in [2.45, 2.75) is 13.5 Å². The summed E-state index contributed by atoms with van der Waals surface area (Å²) in [6.07, 6.45) is 7.88. The van der Waals surface area contributed by atoms with Gasteiger partial charge in [0.25, 0.3) is 0 Å². The fourth-order valence-electron chi connectivity index (χ4n) is 7.32. The number of para-hydroxylation sites is 2. The summed E-state index contributed by atoms with van der Waals surface area (Å²) < 4.78 is 12.9. The van der Waals surface area contributed by atoms with E-state index in [4.69, 9.17) is 24.6 Å². The van der Waals surface area contributed by atoms with Gasteiger partial charge in [-0.15, -0.1) is 0 Å². The quantitative estimate of drug-likeness (QED) is 0.0968. The van der Waals surface area contributed by atoms with Crippen molar-refractivity contribution in [3.8, 4) is 11.1 Å². The number of hydrogen-bond acceptors (Lipinski definition) is 3. The van der Waals surface area contributed by atoms with E-state index in [1.807, 2.05) is 104 Å². The molecule has 5 heteroatoms. The van der Waals surface area contributed by atoms with E-state index in [9.17, 15) is 0 Å². The van der Waals surface area contributed by atoms with Gasteiger partial charge in [-0.3, -0.25) is 4.99 Å². The lowest BCUT2D eigenvalue weighted by molar-refractivity contribution is 0.668. The van der Waals surface area contributed by atoms with Crippen LogP contribution in [0.4, 0.5) is 0 Å². The van der Waals surface area contributed by atoms with E-state index in [1.54, 1.807) is 0 Å². The summed E-state index contributed by atoms with van der Waals surface area (Å²) in [5, 5.41) is 6.50. The third kappa shape index (κ3) is 6.32. The maximum absolute atomic E-state index is 6.75. The van der Waals surface area contributed by atoms with E-state index < -0.39 is 0 Å². The molecule has 9 rings (SSSR count). The van der Waals surface area contributed by atoms with Gasteiger partial charge in [0.2, 0.25) is 0 Å². The van der Waals surface area contributed by atoms with Crippen molar-refractivity contribution in [3.63, 3.8) is 0 Å². The van der Waals surface area contributed by atoms with Crippen LogP contribution in [-0.4, -0.2) is 11.7 Å². The highest BCUT2D eigenvalue weighted by molar-refractivity contribution is 6.14. The number of nitrogens with two attached hydrogens (primary N) is 1. The third-order valence-electron chi connectivity index (χ3n) is 10.1. The molecule has 0 radical (unpaired) electrons. The van der Waals surface area contributed by atoms with Crippen molar-refractivity contribution in [2.24, 2.45) is 15.7 Å². The van der Waals surface area contributed by atoms with E-state index in [0.29, 0.717) is 18.2 Å². The first-order chi connectivity index (χ1) is 27.1. The van der Waals surface area contributed by atoms with Crippen molar-refractivity contribution < 1.29 is 8.83 Å². The lowest BCUT2D eigenvalue weighted by Crippen LogP contribution is -2.16. The van der Waals surface area contributed by atoms with Gasteiger partial charge in [-0.2, -0.15) is 0 Å². The second-order valence-electron chi connectivity index (χ2n) is 13.5. The Hall–Kier alpha value is -7.24. The zero-order chi connectivity index (χ0) is 37.3. The summed E-state index contributed by atoms with van der Waals surface area (Å²) >= 11 is 0. The van der Waals surface area contributed by atoms with Crippen LogP contribution in [0.3, 0.4) is 0 Å². The number of hydrogen-bond donors (Lipinski definition) is 1. The summed E-state index contributed by atoms with van der Waals surface area (Å²) in [6, 6.07) is 49.6. The topological polar surface area (TPSA) is 77.0 Å². The molecule has 0 spiro atoms. The normalized spacial score (nSPS) is 12.9. The number of amidine groups is 2. The van der Waals surface area contributed by atoms with Crippen LogP contribution in [0.1, 0.15) is 29.2 Å². The molecule has 0 aliphatic rings. The molecule has 2 heterocycles. The molecule has 0 amide bonds. The molecule has 0 aliphatic heterocycles. The Bertz CT molecular complexity index is 3040. The van der Waals surface area contributed by atoms with Crippen LogP contribution < -0.4 is 5.73 Å². The van der Waals surface area contributed by atoms with Gasteiger partial charge >= 0.3 is 0 Å². The summed E-state index contributed by atoms with van der Waals surface area (Å²) in [5.41, 5.74) is 16.9. The molecule has 0 saturated heterocycles. The minimum atomic E-state index is 0.360. The molecule has 0 atom stereocenters. The highest BCUT2D eigenvalue weighted by atomic mass is 16.3. The molecule has 9 aromatic rings. The molecule has 0 aliphatic carbocycles. The molecule has 5 nitrogen and oxygen atoms in total. The third-order valence-corrected chi connectivity index (χ3v) is 10.1. The van der Waals surface area contributed by atoms with Gasteiger partial charge in [0.15, 0.2) is 5.84 Å². The predicted octanol–water partition coefficient (Wildman–Crippen LogP) is 12.8. The fourth-order valence-corrected chi connectivity index (χ4v) is 7.32. The first-order valence-corrected chi connectivity index (χ1v) is 18.4. The van der Waals surface area contributed by atoms with Crippen LogP contribution in [0.2, 0.25) is 0 Å². The van der Waals surface area contributed by atoms with E-state index in [2.05, 4.69) is 79.4 Å². The largest absolute Gasteiger partial charge is 0.456 e. The van der Waals surface area contributed by atoms with Gasteiger partial charge in [0.1, 0.15) is 28.2 Å². The van der Waals surface area contributed by atoms with E-state index >= 15 is 0 Å². The standard InChI is InChI=1S/C50H37N3O2/c1-3-5-12-32(4-2)34-19-22-35(23-20-34)49(51)53-50(38-24-21-33-13-6-7-14-36(33)29-38)52-31-39-26-27-40(48-47(39)43-16-9-11-18-45(43)55-48)37-25-28-42-41-15-8-10-17-44(41)54-46(42)30-37/h3-30H,2,31H2,1H3,(H2,51,52,53)/b5-3-,32-12+. The average Bonchev–Trinajstić information content (AvgIpc) is 3.81. The van der Waals surface area contributed by atoms with Crippen LogP contribution in [0.25, 0.3) is 71.3 Å². The zero-order valence-corrected chi connectivity index (χ0v) is 30.4. The highest BCUT2D eigenvalue weighted by Crippen LogP contribution is 2.40. The number of nitrogens with zero attached hydrogens (tertiary/aromatic N) is 2. The number of allylic oxidation sites excluding steroid dienone is 5. The van der Waals surface area contributed by atoms with Gasteiger partial charge in [-0.05, 0) is 70.3 Å². The monoisotopic (exact) mass is 711 g/mol. The Morgan fingerprint density at radius 2 is 1.35 bits per heavy atom. The van der Waals surface area contributed by atoms with Crippen molar-refractivity contribution in [1.29, 1.82) is 0 Å². The van der Waals surface area contributed by atoms with Crippen molar-refractivity contribution in [1.82, 2.24) is 0 Å². The van der Waals surface area contributed by atoms with Crippen molar-refractivity contribution in [2.75, 3.05) is 0 Å². The Labute approximate surface area is 318 Å². The number of aliphatic imine (C=N–C) groups is 2. The maximum Gasteiger partial charge on any atom is 0.157 e. The smallest absolute Gasteiger partial charge is 0.157 e. The molecular formula is C50H37N3O2. The fraction of sp³-hybridized carbons (Fsp3) is 0.0400. The van der Waals surface area contributed by atoms with Crippen molar-refractivity contribution in [3.05, 3.63) is 199 Å². The number of furan rings is 2. The lowest BCUT2D eigenvalue weighted by Gasteiger charge is -2.10. The number of fused-ring (bicyclic) bond motifs is 7. The minimum absolute atomic E-state index is 0.360. The summed E-state index contributed by atoms with van der Waals surface area (Å²) in [7, 11) is 0. The van der Waals surface area contributed by atoms with Crippen LogP contribution >= 0.6 is 0 Å². The second kappa shape index (κ2) is 14.3. The number of benzene rings is 7. The zero-order valence-electron chi connectivity index (χ0n) is 30.4. The second-order valence-corrected chi connectivity index (χ2v) is 13.5. The minimum Gasteiger partial charge on any atom is -0.456 e. The predicted molar refractivity (Wildman–Crippen MR) is 231 cm³/mol. The average molecular weight is 712 g/mol. The highest BCUT2D eigenvalue weighted by Gasteiger charge is 2.18. The Balaban J connectivity index is 1.14. The van der Waals surface area contributed by atoms with Gasteiger partial charge < -0.3 is 14.6 Å². The van der Waals surface area contributed by atoms with Crippen LogP contribution in [0.5, 0.6) is 0 Å². The molecule has 0 fully saturated rings. The summed E-state index contributed by atoms with van der Waals surface area (Å²) in [5.74, 6) is 0.929. The molecule has 55 heavy (non-hydrogen) atoms. The molecule has 0 bridgehead atoms. The van der Waals surface area contributed by atoms with Crippen LogP contribution in [-0.2, 0) is 6.54 Å². The summed E-state index contributed by atoms with van der Waals surface area (Å²) in [4.78, 5) is 10.2. The molecule has 0 saturated carbocycles. The van der Waals surface area contributed by atoms with Crippen LogP contribution in [0, 0.1) is 0 Å². The van der Waals surface area contributed by atoms with Crippen LogP contribution in [0.15, 0.2) is 195 Å².